The lowest BCUT2D eigenvalue weighted by molar-refractivity contribution is -0.385. The normalized spacial score (nSPS) is 10.3. The first-order valence-corrected chi connectivity index (χ1v) is 7.00. The summed E-state index contributed by atoms with van der Waals surface area (Å²) >= 11 is 11.8. The van der Waals surface area contributed by atoms with Gasteiger partial charge in [-0.3, -0.25) is 10.1 Å². The lowest BCUT2D eigenvalue weighted by atomic mass is 10.1. The number of hydrogen-bond acceptors (Lipinski definition) is 4. The van der Waals surface area contributed by atoms with Gasteiger partial charge in [0.05, 0.1) is 10.5 Å². The Labute approximate surface area is 136 Å². The molecule has 114 valence electrons. The fourth-order valence-electron chi connectivity index (χ4n) is 1.80. The molecule has 22 heavy (non-hydrogen) atoms. The van der Waals surface area contributed by atoms with E-state index >= 15 is 0 Å². The van der Waals surface area contributed by atoms with E-state index in [0.717, 1.165) is 0 Å². The van der Waals surface area contributed by atoms with Gasteiger partial charge in [-0.15, -0.1) is 0 Å². The number of halogens is 2. The second-order valence-electron chi connectivity index (χ2n) is 4.57. The third kappa shape index (κ3) is 3.75. The van der Waals surface area contributed by atoms with Crippen molar-refractivity contribution in [1.29, 1.82) is 0 Å². The average Bonchev–Trinajstić information content (AvgIpc) is 2.46. The van der Waals surface area contributed by atoms with Crippen LogP contribution >= 0.6 is 23.2 Å². The van der Waals surface area contributed by atoms with Crippen molar-refractivity contribution in [2.45, 2.75) is 13.5 Å². The lowest BCUT2D eigenvalue weighted by Gasteiger charge is -2.07. The van der Waals surface area contributed by atoms with Crippen molar-refractivity contribution in [2.75, 3.05) is 0 Å². The molecule has 0 saturated heterocycles. The predicted octanol–water partition coefficient (Wildman–Crippen LogP) is 4.57. The Bertz CT molecular complexity index is 746. The average molecular weight is 340 g/mol. The zero-order chi connectivity index (χ0) is 16.3. The number of nitrogens with zero attached hydrogens (tertiary/aromatic N) is 1. The van der Waals surface area contributed by atoms with Gasteiger partial charge in [0, 0.05) is 27.2 Å². The van der Waals surface area contributed by atoms with Crippen molar-refractivity contribution in [3.05, 3.63) is 73.2 Å². The molecule has 0 atom stereocenters. The standard InChI is InChI=1S/C15H11Cl2NO4/c1-9-2-3-10(6-14(9)18(20)21)15(19)22-8-11-4-5-12(16)7-13(11)17/h2-7H,8H2,1H3. The highest BCUT2D eigenvalue weighted by atomic mass is 35.5. The van der Waals surface area contributed by atoms with E-state index in [1.165, 1.54) is 18.2 Å². The van der Waals surface area contributed by atoms with E-state index in [1.807, 2.05) is 0 Å². The van der Waals surface area contributed by atoms with E-state index in [4.69, 9.17) is 27.9 Å². The molecule has 0 fully saturated rings. The van der Waals surface area contributed by atoms with E-state index in [2.05, 4.69) is 0 Å². The summed E-state index contributed by atoms with van der Waals surface area (Å²) in [6.07, 6.45) is 0. The van der Waals surface area contributed by atoms with Crippen molar-refractivity contribution >= 4 is 34.9 Å². The minimum atomic E-state index is -0.658. The van der Waals surface area contributed by atoms with Gasteiger partial charge in [0.1, 0.15) is 6.61 Å². The minimum absolute atomic E-state index is 0.0451. The van der Waals surface area contributed by atoms with Gasteiger partial charge < -0.3 is 4.74 Å². The number of nitro groups is 1. The smallest absolute Gasteiger partial charge is 0.338 e. The molecule has 2 aromatic rings. The highest BCUT2D eigenvalue weighted by Crippen LogP contribution is 2.23. The van der Waals surface area contributed by atoms with E-state index in [9.17, 15) is 14.9 Å². The van der Waals surface area contributed by atoms with Crippen LogP contribution in [0, 0.1) is 17.0 Å². The van der Waals surface area contributed by atoms with Crippen LogP contribution in [0.3, 0.4) is 0 Å². The van der Waals surface area contributed by atoms with Crippen molar-refractivity contribution in [1.82, 2.24) is 0 Å². The number of rotatable bonds is 4. The van der Waals surface area contributed by atoms with Crippen LogP contribution in [0.2, 0.25) is 10.0 Å². The van der Waals surface area contributed by atoms with E-state index in [0.29, 0.717) is 21.2 Å². The number of aryl methyl sites for hydroxylation is 1. The number of hydrogen-bond donors (Lipinski definition) is 0. The van der Waals surface area contributed by atoms with Gasteiger partial charge in [-0.05, 0) is 25.1 Å². The van der Waals surface area contributed by atoms with Gasteiger partial charge in [-0.1, -0.05) is 35.3 Å². The van der Waals surface area contributed by atoms with E-state index in [-0.39, 0.29) is 17.9 Å². The molecule has 7 heteroatoms. The van der Waals surface area contributed by atoms with Crippen molar-refractivity contribution in [3.8, 4) is 0 Å². The molecule has 0 aliphatic rings. The predicted molar refractivity (Wildman–Crippen MR) is 83.4 cm³/mol. The van der Waals surface area contributed by atoms with Crippen LogP contribution in [-0.2, 0) is 11.3 Å². The molecule has 0 spiro atoms. The second-order valence-corrected chi connectivity index (χ2v) is 5.41. The zero-order valence-corrected chi connectivity index (χ0v) is 13.0. The fraction of sp³-hybridized carbons (Fsp3) is 0.133. The molecular formula is C15H11Cl2NO4. The third-order valence-electron chi connectivity index (χ3n) is 3.02. The summed E-state index contributed by atoms with van der Waals surface area (Å²) in [4.78, 5) is 22.3. The number of carbonyl (C=O) groups is 1. The number of carbonyl (C=O) groups excluding carboxylic acids is 1. The Hall–Kier alpha value is -2.11. The van der Waals surface area contributed by atoms with Gasteiger partial charge in [0.2, 0.25) is 0 Å². The van der Waals surface area contributed by atoms with E-state index in [1.54, 1.807) is 25.1 Å². The minimum Gasteiger partial charge on any atom is -0.457 e. The zero-order valence-electron chi connectivity index (χ0n) is 11.5. The molecule has 0 radical (unpaired) electrons. The number of ether oxygens (including phenoxy) is 1. The maximum atomic E-state index is 12.0. The van der Waals surface area contributed by atoms with Gasteiger partial charge in [0.15, 0.2) is 0 Å². The van der Waals surface area contributed by atoms with Gasteiger partial charge in [-0.25, -0.2) is 4.79 Å². The van der Waals surface area contributed by atoms with Gasteiger partial charge >= 0.3 is 5.97 Å². The van der Waals surface area contributed by atoms with Crippen LogP contribution in [0.4, 0.5) is 5.69 Å². The molecule has 0 heterocycles. The number of benzene rings is 2. The van der Waals surface area contributed by atoms with Crippen molar-refractivity contribution < 1.29 is 14.5 Å². The molecule has 0 aromatic heterocycles. The number of esters is 1. The lowest BCUT2D eigenvalue weighted by Crippen LogP contribution is -2.06. The monoisotopic (exact) mass is 339 g/mol. The third-order valence-corrected chi connectivity index (χ3v) is 3.60. The van der Waals surface area contributed by atoms with Crippen molar-refractivity contribution in [3.63, 3.8) is 0 Å². The molecule has 0 bridgehead atoms. The van der Waals surface area contributed by atoms with Crippen LogP contribution in [0.5, 0.6) is 0 Å². The molecular weight excluding hydrogens is 329 g/mol. The molecule has 0 N–H and O–H groups in total. The molecule has 5 nitrogen and oxygen atoms in total. The Morgan fingerprint density at radius 2 is 1.95 bits per heavy atom. The largest absolute Gasteiger partial charge is 0.457 e. The van der Waals surface area contributed by atoms with Crippen LogP contribution in [0.1, 0.15) is 21.5 Å². The maximum absolute atomic E-state index is 12.0. The second kappa shape index (κ2) is 6.77. The van der Waals surface area contributed by atoms with Crippen LogP contribution in [0.15, 0.2) is 36.4 Å². The molecule has 0 amide bonds. The Kier molecular flexibility index (Phi) is 5.00. The summed E-state index contributed by atoms with van der Waals surface area (Å²) in [5, 5.41) is 11.7. The van der Waals surface area contributed by atoms with Crippen LogP contribution in [0.25, 0.3) is 0 Å². The summed E-state index contributed by atoms with van der Waals surface area (Å²) in [6, 6.07) is 9.01. The Morgan fingerprint density at radius 3 is 2.59 bits per heavy atom. The Morgan fingerprint density at radius 1 is 1.23 bits per heavy atom. The summed E-state index contributed by atoms with van der Waals surface area (Å²) in [6.45, 7) is 1.55. The SMILES string of the molecule is Cc1ccc(C(=O)OCc2ccc(Cl)cc2Cl)cc1[N+](=O)[O-]. The van der Waals surface area contributed by atoms with Crippen molar-refractivity contribution in [2.24, 2.45) is 0 Å². The first-order valence-electron chi connectivity index (χ1n) is 6.24. The molecule has 0 aliphatic carbocycles. The maximum Gasteiger partial charge on any atom is 0.338 e. The van der Waals surface area contributed by atoms with Gasteiger partial charge in [0.25, 0.3) is 5.69 Å². The van der Waals surface area contributed by atoms with Crippen LogP contribution in [-0.4, -0.2) is 10.9 Å². The molecule has 0 saturated carbocycles. The molecule has 2 aromatic carbocycles. The molecule has 2 rings (SSSR count). The molecule has 0 unspecified atom stereocenters. The highest BCUT2D eigenvalue weighted by Gasteiger charge is 2.16. The topological polar surface area (TPSA) is 69.4 Å². The Balaban J connectivity index is 2.12. The summed E-state index contributed by atoms with van der Waals surface area (Å²) < 4.78 is 5.12. The van der Waals surface area contributed by atoms with Gasteiger partial charge in [-0.2, -0.15) is 0 Å². The highest BCUT2D eigenvalue weighted by molar-refractivity contribution is 6.35. The fourth-order valence-corrected chi connectivity index (χ4v) is 2.26. The number of nitro benzene ring substituents is 1. The molecule has 0 aliphatic heterocycles. The summed E-state index contributed by atoms with van der Waals surface area (Å²) in [7, 11) is 0. The van der Waals surface area contributed by atoms with E-state index < -0.39 is 10.9 Å². The first kappa shape index (κ1) is 16.3. The van der Waals surface area contributed by atoms with Crippen LogP contribution < -0.4 is 0 Å². The quantitative estimate of drug-likeness (QED) is 0.464. The summed E-state index contributed by atoms with van der Waals surface area (Å²) in [5.41, 5.74) is 1.06. The summed E-state index contributed by atoms with van der Waals surface area (Å²) in [5.74, 6) is -0.658. The first-order chi connectivity index (χ1) is 10.4.